The van der Waals surface area contributed by atoms with Gasteiger partial charge in [-0.25, -0.2) is 9.97 Å². The highest BCUT2D eigenvalue weighted by Crippen LogP contribution is 2.35. The first-order valence-corrected chi connectivity index (χ1v) is 11.5. The number of benzene rings is 1. The molecule has 1 aliphatic rings. The number of aromatic nitrogens is 2. The van der Waals surface area contributed by atoms with Crippen molar-refractivity contribution in [1.82, 2.24) is 19.8 Å². The summed E-state index contributed by atoms with van der Waals surface area (Å²) in [6.45, 7) is 2.24. The van der Waals surface area contributed by atoms with E-state index < -0.39 is 17.6 Å². The normalized spacial score (nSPS) is 14.3. The third-order valence-corrected chi connectivity index (χ3v) is 6.58. The monoisotopic (exact) mass is 490 g/mol. The Balaban J connectivity index is 1.47. The number of rotatable bonds is 6. The zero-order valence-electron chi connectivity index (χ0n) is 18.8. The van der Waals surface area contributed by atoms with E-state index in [1.54, 1.807) is 36.8 Å². The number of carbonyl (C=O) groups is 1. The van der Waals surface area contributed by atoms with Gasteiger partial charge in [0.25, 0.3) is 5.91 Å². The summed E-state index contributed by atoms with van der Waals surface area (Å²) in [7, 11) is 3.42. The van der Waals surface area contributed by atoms with Crippen molar-refractivity contribution in [2.45, 2.75) is 32.2 Å². The number of alkyl halides is 3. The Hall–Kier alpha value is -3.02. The number of nitrogens with zero attached hydrogens (tertiary/aromatic N) is 4. The molecule has 0 saturated heterocycles. The molecule has 3 heterocycles. The third kappa shape index (κ3) is 5.54. The van der Waals surface area contributed by atoms with Crippen LogP contribution in [0.25, 0.3) is 0 Å². The van der Waals surface area contributed by atoms with E-state index in [2.05, 4.69) is 20.2 Å². The summed E-state index contributed by atoms with van der Waals surface area (Å²) in [4.78, 5) is 25.9. The van der Waals surface area contributed by atoms with Crippen molar-refractivity contribution < 1.29 is 18.0 Å². The Kier molecular flexibility index (Phi) is 6.87. The lowest BCUT2D eigenvalue weighted by Crippen LogP contribution is -2.30. The number of nitrogen functional groups attached to an aromatic ring is 1. The van der Waals surface area contributed by atoms with Crippen LogP contribution in [0.5, 0.6) is 0 Å². The van der Waals surface area contributed by atoms with Gasteiger partial charge in [0.05, 0.1) is 11.1 Å². The fraction of sp³-hybridized carbons (Fsp3) is 0.348. The molecule has 0 radical (unpaired) electrons. The van der Waals surface area contributed by atoms with E-state index >= 15 is 0 Å². The van der Waals surface area contributed by atoms with Gasteiger partial charge in [-0.15, -0.1) is 11.3 Å². The van der Waals surface area contributed by atoms with Crippen LogP contribution >= 0.6 is 11.3 Å². The van der Waals surface area contributed by atoms with E-state index in [4.69, 9.17) is 5.73 Å². The van der Waals surface area contributed by atoms with Crippen molar-refractivity contribution >= 4 is 28.9 Å². The van der Waals surface area contributed by atoms with Crippen molar-refractivity contribution in [2.75, 3.05) is 31.7 Å². The van der Waals surface area contributed by atoms with Crippen LogP contribution in [0, 0.1) is 0 Å². The third-order valence-electron chi connectivity index (χ3n) is 5.56. The highest BCUT2D eigenvalue weighted by molar-refractivity contribution is 7.10. The minimum absolute atomic E-state index is 0.126. The maximum absolute atomic E-state index is 13.6. The minimum atomic E-state index is -4.51. The number of anilines is 2. The number of fused-ring (bicyclic) bond motifs is 1. The van der Waals surface area contributed by atoms with Crippen LogP contribution in [0.15, 0.2) is 36.0 Å². The topological polar surface area (TPSA) is 87.4 Å². The molecule has 1 aliphatic heterocycles. The highest BCUT2D eigenvalue weighted by Gasteiger charge is 2.34. The number of nitrogens with one attached hydrogen (secondary N) is 1. The molecule has 0 fully saturated rings. The van der Waals surface area contributed by atoms with Crippen LogP contribution in [-0.4, -0.2) is 46.3 Å². The van der Waals surface area contributed by atoms with Crippen molar-refractivity contribution in [2.24, 2.45) is 0 Å². The van der Waals surface area contributed by atoms with E-state index in [0.717, 1.165) is 28.6 Å². The van der Waals surface area contributed by atoms with Crippen LogP contribution < -0.4 is 11.1 Å². The number of hydrogen-bond donors (Lipinski definition) is 2. The standard InChI is InChI=1S/C23H25F3N6OS/c1-31(2)11-15-3-4-16(7-19(15)23(24,25)26)30-21(33)18-13-34-20-12-32(6-5-17(18)20)10-14-8-28-22(27)29-9-14/h3-4,7-9,13H,5-6,10-12H2,1-2H3,(H,30,33)(H2,27,28,29). The largest absolute Gasteiger partial charge is 0.416 e. The molecule has 4 rings (SSSR count). The van der Waals surface area contributed by atoms with Gasteiger partial charge in [-0.2, -0.15) is 13.2 Å². The second-order valence-electron chi connectivity index (χ2n) is 8.52. The fourth-order valence-corrected chi connectivity index (χ4v) is 5.13. The van der Waals surface area contributed by atoms with Crippen molar-refractivity contribution in [3.8, 4) is 0 Å². The SMILES string of the molecule is CN(C)Cc1ccc(NC(=O)c2csc3c2CCN(Cc2cnc(N)nc2)C3)cc1C(F)(F)F. The lowest BCUT2D eigenvalue weighted by Gasteiger charge is -2.27. The second-order valence-corrected chi connectivity index (χ2v) is 9.49. The molecular weight excluding hydrogens is 465 g/mol. The summed E-state index contributed by atoms with van der Waals surface area (Å²) < 4.78 is 40.7. The van der Waals surface area contributed by atoms with Crippen molar-refractivity contribution in [1.29, 1.82) is 0 Å². The molecule has 11 heteroatoms. The van der Waals surface area contributed by atoms with Crippen molar-refractivity contribution in [3.63, 3.8) is 0 Å². The first kappa shape index (κ1) is 24.1. The summed E-state index contributed by atoms with van der Waals surface area (Å²) in [6, 6.07) is 3.94. The first-order valence-electron chi connectivity index (χ1n) is 10.6. The summed E-state index contributed by atoms with van der Waals surface area (Å²) in [5.74, 6) is -0.167. The first-order chi connectivity index (χ1) is 16.1. The number of carbonyl (C=O) groups excluding carboxylic acids is 1. The predicted molar refractivity (Wildman–Crippen MR) is 125 cm³/mol. The van der Waals surface area contributed by atoms with Crippen LogP contribution in [0.4, 0.5) is 24.8 Å². The van der Waals surface area contributed by atoms with Gasteiger partial charge >= 0.3 is 6.18 Å². The van der Waals surface area contributed by atoms with E-state index in [1.165, 1.54) is 23.5 Å². The molecule has 0 unspecified atom stereocenters. The Bertz CT molecular complexity index is 1180. The minimum Gasteiger partial charge on any atom is -0.368 e. The van der Waals surface area contributed by atoms with Gasteiger partial charge in [0, 0.05) is 60.1 Å². The van der Waals surface area contributed by atoms with Crippen LogP contribution in [0.3, 0.4) is 0 Å². The van der Waals surface area contributed by atoms with E-state index in [0.29, 0.717) is 25.1 Å². The Morgan fingerprint density at radius 2 is 2.00 bits per heavy atom. The second kappa shape index (κ2) is 9.69. The average molecular weight is 491 g/mol. The predicted octanol–water partition coefficient (Wildman–Crippen LogP) is 4.01. The van der Waals surface area contributed by atoms with Crippen LogP contribution in [0.1, 0.15) is 37.5 Å². The van der Waals surface area contributed by atoms with Crippen LogP contribution in [-0.2, 0) is 32.2 Å². The maximum atomic E-state index is 13.6. The number of amides is 1. The summed E-state index contributed by atoms with van der Waals surface area (Å²) in [5, 5.41) is 4.43. The quantitative estimate of drug-likeness (QED) is 0.543. The van der Waals surface area contributed by atoms with Crippen LogP contribution in [0.2, 0.25) is 0 Å². The Morgan fingerprint density at radius 1 is 1.26 bits per heavy atom. The molecule has 1 amide bonds. The molecule has 0 aliphatic carbocycles. The summed E-state index contributed by atoms with van der Waals surface area (Å²) in [6.07, 6.45) is -0.437. The molecule has 2 aromatic heterocycles. The molecule has 0 bridgehead atoms. The molecule has 1 aromatic carbocycles. The van der Waals surface area contributed by atoms with E-state index in [-0.39, 0.29) is 23.7 Å². The number of hydrogen-bond acceptors (Lipinski definition) is 7. The van der Waals surface area contributed by atoms with Gasteiger partial charge in [0.15, 0.2) is 0 Å². The molecule has 0 atom stereocenters. The molecule has 34 heavy (non-hydrogen) atoms. The molecule has 3 aromatic rings. The van der Waals surface area contributed by atoms with Gasteiger partial charge in [0.2, 0.25) is 5.95 Å². The molecule has 0 spiro atoms. The maximum Gasteiger partial charge on any atom is 0.416 e. The number of thiophene rings is 1. The fourth-order valence-electron chi connectivity index (χ4n) is 4.01. The Labute approximate surface area is 199 Å². The van der Waals surface area contributed by atoms with Crippen molar-refractivity contribution in [3.05, 3.63) is 68.7 Å². The molecule has 0 saturated carbocycles. The van der Waals surface area contributed by atoms with Gasteiger partial charge < -0.3 is 16.0 Å². The average Bonchev–Trinajstić information content (AvgIpc) is 3.19. The number of nitrogens with two attached hydrogens (primary N) is 1. The lowest BCUT2D eigenvalue weighted by atomic mass is 10.0. The zero-order valence-corrected chi connectivity index (χ0v) is 19.6. The molecule has 3 N–H and O–H groups in total. The number of halogens is 3. The summed E-state index contributed by atoms with van der Waals surface area (Å²) >= 11 is 1.49. The Morgan fingerprint density at radius 3 is 2.68 bits per heavy atom. The van der Waals surface area contributed by atoms with Gasteiger partial charge in [-0.3, -0.25) is 9.69 Å². The summed E-state index contributed by atoms with van der Waals surface area (Å²) in [5.41, 5.74) is 7.50. The van der Waals surface area contributed by atoms with Gasteiger partial charge in [-0.1, -0.05) is 6.07 Å². The molecule has 180 valence electrons. The van der Waals surface area contributed by atoms with E-state index in [9.17, 15) is 18.0 Å². The molecular formula is C23H25F3N6OS. The molecule has 7 nitrogen and oxygen atoms in total. The lowest BCUT2D eigenvalue weighted by molar-refractivity contribution is -0.138. The van der Waals surface area contributed by atoms with Gasteiger partial charge in [-0.05, 0) is 43.8 Å². The zero-order chi connectivity index (χ0) is 24.5. The highest BCUT2D eigenvalue weighted by atomic mass is 32.1. The van der Waals surface area contributed by atoms with E-state index in [1.807, 2.05) is 0 Å². The smallest absolute Gasteiger partial charge is 0.368 e. The van der Waals surface area contributed by atoms with Gasteiger partial charge in [0.1, 0.15) is 0 Å².